The second kappa shape index (κ2) is 8.29. The molecule has 0 heterocycles. The maximum absolute atomic E-state index is 13.2. The Balaban J connectivity index is 2.59. The molecule has 0 unspecified atom stereocenters. The summed E-state index contributed by atoms with van der Waals surface area (Å²) in [6.07, 6.45) is 0. The number of benzene rings is 2. The summed E-state index contributed by atoms with van der Waals surface area (Å²) in [6.45, 7) is -0.531. The number of hydrogen-bond acceptors (Lipinski definition) is 6. The average Bonchev–Trinajstić information content (AvgIpc) is 2.65. The van der Waals surface area contributed by atoms with Crippen molar-refractivity contribution in [3.05, 3.63) is 47.5 Å². The zero-order chi connectivity index (χ0) is 19.3. The standard InChI is InChI=1S/C17H18ClNO6S/c1-23-15-9-8-12(10-16(15)24-2)26(21,22)19(11-17(20)25-3)14-7-5-4-6-13(14)18/h4-10H,11H2,1-3H3. The molecule has 140 valence electrons. The third kappa shape index (κ3) is 4.03. The van der Waals surface area contributed by atoms with Crippen LogP contribution in [-0.2, 0) is 19.6 Å². The summed E-state index contributed by atoms with van der Waals surface area (Å²) in [6, 6.07) is 10.5. The van der Waals surface area contributed by atoms with Gasteiger partial charge in [-0.15, -0.1) is 0 Å². The quantitative estimate of drug-likeness (QED) is 0.666. The molecule has 0 amide bonds. The van der Waals surface area contributed by atoms with Crippen LogP contribution in [0.4, 0.5) is 5.69 Å². The minimum absolute atomic E-state index is 0.0843. The van der Waals surface area contributed by atoms with E-state index in [9.17, 15) is 13.2 Å². The summed E-state index contributed by atoms with van der Waals surface area (Å²) in [4.78, 5) is 11.7. The topological polar surface area (TPSA) is 82.1 Å². The lowest BCUT2D eigenvalue weighted by Crippen LogP contribution is -2.36. The molecule has 7 nitrogen and oxygen atoms in total. The number of sulfonamides is 1. The van der Waals surface area contributed by atoms with Gasteiger partial charge in [-0.3, -0.25) is 9.10 Å². The minimum Gasteiger partial charge on any atom is -0.493 e. The molecule has 0 radical (unpaired) electrons. The molecule has 0 aliphatic heterocycles. The number of esters is 1. The van der Waals surface area contributed by atoms with Crippen LogP contribution < -0.4 is 13.8 Å². The summed E-state index contributed by atoms with van der Waals surface area (Å²) >= 11 is 6.14. The molecule has 2 aromatic rings. The van der Waals surface area contributed by atoms with Gasteiger partial charge in [0.25, 0.3) is 10.0 Å². The first kappa shape index (κ1) is 19.9. The van der Waals surface area contributed by atoms with Gasteiger partial charge in [-0.05, 0) is 24.3 Å². The Bertz CT molecular complexity index is 900. The summed E-state index contributed by atoms with van der Waals surface area (Å²) in [7, 11) is -0.109. The number of nitrogens with zero attached hydrogens (tertiary/aromatic N) is 1. The molecule has 2 rings (SSSR count). The van der Waals surface area contributed by atoms with E-state index < -0.39 is 22.5 Å². The van der Waals surface area contributed by atoms with Gasteiger partial charge < -0.3 is 14.2 Å². The Labute approximate surface area is 157 Å². The molecule has 0 N–H and O–H groups in total. The Morgan fingerprint density at radius 3 is 2.27 bits per heavy atom. The van der Waals surface area contributed by atoms with E-state index in [1.54, 1.807) is 12.1 Å². The van der Waals surface area contributed by atoms with E-state index in [0.717, 1.165) is 4.31 Å². The van der Waals surface area contributed by atoms with E-state index >= 15 is 0 Å². The molecule has 0 atom stereocenters. The first-order valence-electron chi connectivity index (χ1n) is 7.41. The molecule has 0 aromatic heterocycles. The minimum atomic E-state index is -4.13. The molecule has 0 bridgehead atoms. The number of rotatable bonds is 7. The fraction of sp³-hybridized carbons (Fsp3) is 0.235. The van der Waals surface area contributed by atoms with Crippen molar-refractivity contribution in [2.75, 3.05) is 32.2 Å². The molecular formula is C17H18ClNO6S. The Kier molecular flexibility index (Phi) is 6.33. The Morgan fingerprint density at radius 1 is 1.04 bits per heavy atom. The predicted octanol–water partition coefficient (Wildman–Crippen LogP) is 2.73. The van der Waals surface area contributed by atoms with Crippen molar-refractivity contribution in [1.82, 2.24) is 0 Å². The number of halogens is 1. The predicted molar refractivity (Wildman–Crippen MR) is 97.5 cm³/mol. The summed E-state index contributed by atoms with van der Waals surface area (Å²) < 4.78 is 42.1. The van der Waals surface area contributed by atoms with Gasteiger partial charge >= 0.3 is 5.97 Å². The van der Waals surface area contributed by atoms with Crippen molar-refractivity contribution < 1.29 is 27.4 Å². The van der Waals surface area contributed by atoms with Crippen molar-refractivity contribution in [1.29, 1.82) is 0 Å². The highest BCUT2D eigenvalue weighted by molar-refractivity contribution is 7.92. The van der Waals surface area contributed by atoms with E-state index in [1.165, 1.54) is 51.7 Å². The highest BCUT2D eigenvalue weighted by Crippen LogP contribution is 2.34. The monoisotopic (exact) mass is 399 g/mol. The Hall–Kier alpha value is -2.45. The van der Waals surface area contributed by atoms with Gasteiger partial charge in [0.2, 0.25) is 0 Å². The number of anilines is 1. The number of methoxy groups -OCH3 is 3. The number of para-hydroxylation sites is 1. The van der Waals surface area contributed by atoms with Gasteiger partial charge in [0.05, 0.1) is 36.9 Å². The van der Waals surface area contributed by atoms with Gasteiger partial charge in [-0.25, -0.2) is 8.42 Å². The van der Waals surface area contributed by atoms with Gasteiger partial charge in [0.1, 0.15) is 6.54 Å². The molecule has 0 saturated carbocycles. The largest absolute Gasteiger partial charge is 0.493 e. The van der Waals surface area contributed by atoms with E-state index in [1.807, 2.05) is 0 Å². The third-order valence-corrected chi connectivity index (χ3v) is 5.64. The van der Waals surface area contributed by atoms with Gasteiger partial charge in [-0.1, -0.05) is 23.7 Å². The molecule has 0 fully saturated rings. The highest BCUT2D eigenvalue weighted by atomic mass is 35.5. The van der Waals surface area contributed by atoms with Crippen molar-refractivity contribution in [2.24, 2.45) is 0 Å². The van der Waals surface area contributed by atoms with Gasteiger partial charge in [-0.2, -0.15) is 0 Å². The van der Waals surface area contributed by atoms with Crippen LogP contribution in [0.25, 0.3) is 0 Å². The van der Waals surface area contributed by atoms with Gasteiger partial charge in [0, 0.05) is 6.07 Å². The fourth-order valence-corrected chi connectivity index (χ4v) is 3.97. The maximum Gasteiger partial charge on any atom is 0.326 e. The molecule has 0 aliphatic rings. The van der Waals surface area contributed by atoms with E-state index in [4.69, 9.17) is 21.1 Å². The highest BCUT2D eigenvalue weighted by Gasteiger charge is 2.29. The molecule has 9 heteroatoms. The van der Waals surface area contributed by atoms with Crippen LogP contribution in [0.1, 0.15) is 0 Å². The van der Waals surface area contributed by atoms with Crippen LogP contribution in [0, 0.1) is 0 Å². The summed E-state index contributed by atoms with van der Waals surface area (Å²) in [5.41, 5.74) is 0.161. The molecule has 2 aromatic carbocycles. The number of carbonyl (C=O) groups excluding carboxylic acids is 1. The van der Waals surface area contributed by atoms with Crippen molar-refractivity contribution in [3.63, 3.8) is 0 Å². The smallest absolute Gasteiger partial charge is 0.326 e. The second-order valence-corrected chi connectivity index (χ2v) is 7.33. The van der Waals surface area contributed by atoms with E-state index in [2.05, 4.69) is 4.74 Å². The first-order valence-corrected chi connectivity index (χ1v) is 9.23. The lowest BCUT2D eigenvalue weighted by Gasteiger charge is -2.24. The number of ether oxygens (including phenoxy) is 3. The molecule has 0 saturated heterocycles. The van der Waals surface area contributed by atoms with Gasteiger partial charge in [0.15, 0.2) is 11.5 Å². The zero-order valence-corrected chi connectivity index (χ0v) is 16.0. The lowest BCUT2D eigenvalue weighted by molar-refractivity contribution is -0.138. The van der Waals surface area contributed by atoms with E-state index in [0.29, 0.717) is 5.75 Å². The van der Waals surface area contributed by atoms with Crippen molar-refractivity contribution in [2.45, 2.75) is 4.90 Å². The number of hydrogen-bond donors (Lipinski definition) is 0. The molecular weight excluding hydrogens is 382 g/mol. The van der Waals surface area contributed by atoms with E-state index in [-0.39, 0.29) is 21.4 Å². The van der Waals surface area contributed by atoms with Crippen LogP contribution in [0.2, 0.25) is 5.02 Å². The zero-order valence-electron chi connectivity index (χ0n) is 14.4. The Morgan fingerprint density at radius 2 is 1.69 bits per heavy atom. The summed E-state index contributed by atoms with van der Waals surface area (Å²) in [5, 5.41) is 0.181. The lowest BCUT2D eigenvalue weighted by atomic mass is 10.3. The van der Waals surface area contributed by atoms with Crippen LogP contribution in [-0.4, -0.2) is 42.3 Å². The molecule has 0 spiro atoms. The SMILES string of the molecule is COC(=O)CN(c1ccccc1Cl)S(=O)(=O)c1ccc(OC)c(OC)c1. The second-order valence-electron chi connectivity index (χ2n) is 5.06. The normalized spacial score (nSPS) is 10.9. The van der Waals surface area contributed by atoms with Crippen LogP contribution in [0.15, 0.2) is 47.4 Å². The molecule has 0 aliphatic carbocycles. The maximum atomic E-state index is 13.2. The average molecular weight is 400 g/mol. The van der Waals surface area contributed by atoms with Crippen LogP contribution in [0.3, 0.4) is 0 Å². The number of carbonyl (C=O) groups is 1. The fourth-order valence-electron chi connectivity index (χ4n) is 2.24. The van der Waals surface area contributed by atoms with Crippen LogP contribution in [0.5, 0.6) is 11.5 Å². The first-order chi connectivity index (χ1) is 12.3. The van der Waals surface area contributed by atoms with Crippen LogP contribution >= 0.6 is 11.6 Å². The van der Waals surface area contributed by atoms with Crippen molar-refractivity contribution >= 4 is 33.3 Å². The van der Waals surface area contributed by atoms with Crippen molar-refractivity contribution in [3.8, 4) is 11.5 Å². The molecule has 26 heavy (non-hydrogen) atoms. The third-order valence-electron chi connectivity index (χ3n) is 3.56. The summed E-state index contributed by atoms with van der Waals surface area (Å²) in [5.74, 6) is -0.108.